The van der Waals surface area contributed by atoms with Crippen LogP contribution in [0.3, 0.4) is 0 Å². The molecule has 2 amide bonds. The number of amides is 2. The van der Waals surface area contributed by atoms with Gasteiger partial charge in [-0.1, -0.05) is 19.8 Å². The summed E-state index contributed by atoms with van der Waals surface area (Å²) in [4.78, 5) is 38.3. The third kappa shape index (κ3) is 1.93. The summed E-state index contributed by atoms with van der Waals surface area (Å²) in [5, 5.41) is 9.51. The highest BCUT2D eigenvalue weighted by Gasteiger charge is 2.59. The molecule has 0 aromatic heterocycles. The first-order valence-electron chi connectivity index (χ1n) is 8.00. The van der Waals surface area contributed by atoms with Gasteiger partial charge in [0.15, 0.2) is 0 Å². The SMILES string of the molecule is CCC1CC2C(=O)N(C3CCCC3(C)C(=O)O)C(=O)C2C1. The Hall–Kier alpha value is -1.39. The lowest BCUT2D eigenvalue weighted by molar-refractivity contribution is -0.155. The van der Waals surface area contributed by atoms with E-state index in [-0.39, 0.29) is 23.7 Å². The predicted octanol–water partition coefficient (Wildman–Crippen LogP) is 2.05. The monoisotopic (exact) mass is 293 g/mol. The van der Waals surface area contributed by atoms with Crippen molar-refractivity contribution in [1.29, 1.82) is 0 Å². The maximum Gasteiger partial charge on any atom is 0.311 e. The molecule has 0 radical (unpaired) electrons. The lowest BCUT2D eigenvalue weighted by atomic mass is 9.84. The maximum atomic E-state index is 12.7. The molecular weight excluding hydrogens is 270 g/mol. The van der Waals surface area contributed by atoms with E-state index in [1.165, 1.54) is 4.90 Å². The van der Waals surface area contributed by atoms with E-state index in [4.69, 9.17) is 0 Å². The summed E-state index contributed by atoms with van der Waals surface area (Å²) in [6.45, 7) is 3.77. The fraction of sp³-hybridized carbons (Fsp3) is 0.812. The molecule has 0 aromatic rings. The first-order chi connectivity index (χ1) is 9.90. The number of imide groups is 1. The second-order valence-corrected chi connectivity index (χ2v) is 7.14. The molecule has 5 heteroatoms. The number of nitrogens with zero attached hydrogens (tertiary/aromatic N) is 1. The van der Waals surface area contributed by atoms with Crippen LogP contribution in [-0.2, 0) is 14.4 Å². The van der Waals surface area contributed by atoms with Gasteiger partial charge in [-0.25, -0.2) is 0 Å². The molecule has 0 aromatic carbocycles. The topological polar surface area (TPSA) is 74.7 Å². The van der Waals surface area contributed by atoms with Crippen molar-refractivity contribution >= 4 is 17.8 Å². The van der Waals surface area contributed by atoms with Crippen LogP contribution in [0.1, 0.15) is 52.4 Å². The number of carboxylic acids is 1. The lowest BCUT2D eigenvalue weighted by Crippen LogP contribution is -2.50. The fourth-order valence-corrected chi connectivity index (χ4v) is 4.61. The molecular formula is C16H23NO4. The molecule has 3 fully saturated rings. The average molecular weight is 293 g/mol. The molecule has 4 unspecified atom stereocenters. The van der Waals surface area contributed by atoms with Crippen molar-refractivity contribution in [3.63, 3.8) is 0 Å². The number of aliphatic carboxylic acids is 1. The minimum atomic E-state index is -0.978. The highest BCUT2D eigenvalue weighted by atomic mass is 16.4. The van der Waals surface area contributed by atoms with Gasteiger partial charge in [-0.05, 0) is 38.5 Å². The molecule has 1 aliphatic heterocycles. The smallest absolute Gasteiger partial charge is 0.311 e. The van der Waals surface area contributed by atoms with Crippen molar-refractivity contribution in [2.24, 2.45) is 23.2 Å². The van der Waals surface area contributed by atoms with Crippen molar-refractivity contribution < 1.29 is 19.5 Å². The van der Waals surface area contributed by atoms with Gasteiger partial charge in [0.2, 0.25) is 11.8 Å². The van der Waals surface area contributed by atoms with Crippen molar-refractivity contribution in [2.75, 3.05) is 0 Å². The van der Waals surface area contributed by atoms with Crippen LogP contribution in [0.4, 0.5) is 0 Å². The van der Waals surface area contributed by atoms with Gasteiger partial charge >= 0.3 is 5.97 Å². The Morgan fingerprint density at radius 3 is 2.33 bits per heavy atom. The largest absolute Gasteiger partial charge is 0.481 e. The molecule has 3 aliphatic rings. The van der Waals surface area contributed by atoms with Crippen molar-refractivity contribution in [3.8, 4) is 0 Å². The highest BCUT2D eigenvalue weighted by Crippen LogP contribution is 2.49. The average Bonchev–Trinajstić information content (AvgIpc) is 3.08. The molecule has 1 heterocycles. The predicted molar refractivity (Wildman–Crippen MR) is 75.2 cm³/mol. The van der Waals surface area contributed by atoms with Crippen LogP contribution in [-0.4, -0.2) is 33.8 Å². The van der Waals surface area contributed by atoms with Gasteiger partial charge in [0.05, 0.1) is 23.3 Å². The van der Waals surface area contributed by atoms with Crippen LogP contribution >= 0.6 is 0 Å². The Kier molecular flexibility index (Phi) is 3.34. The summed E-state index contributed by atoms with van der Waals surface area (Å²) in [5.74, 6) is -1.04. The molecule has 1 saturated heterocycles. The third-order valence-electron chi connectivity index (χ3n) is 6.06. The number of carboxylic acid groups (broad SMARTS) is 1. The lowest BCUT2D eigenvalue weighted by Gasteiger charge is -2.34. The summed E-state index contributed by atoms with van der Waals surface area (Å²) < 4.78 is 0. The van der Waals surface area contributed by atoms with Crippen LogP contribution < -0.4 is 0 Å². The summed E-state index contributed by atoms with van der Waals surface area (Å²) >= 11 is 0. The zero-order chi connectivity index (χ0) is 15.4. The number of rotatable bonds is 3. The third-order valence-corrected chi connectivity index (χ3v) is 6.06. The first kappa shape index (κ1) is 14.5. The van der Waals surface area contributed by atoms with E-state index in [1.54, 1.807) is 6.92 Å². The van der Waals surface area contributed by atoms with Crippen molar-refractivity contribution in [2.45, 2.75) is 58.4 Å². The molecule has 5 nitrogen and oxygen atoms in total. The van der Waals surface area contributed by atoms with E-state index in [9.17, 15) is 19.5 Å². The van der Waals surface area contributed by atoms with E-state index < -0.39 is 17.4 Å². The summed E-state index contributed by atoms with van der Waals surface area (Å²) in [6, 6.07) is -0.458. The molecule has 1 N–H and O–H groups in total. The van der Waals surface area contributed by atoms with Gasteiger partial charge in [0, 0.05) is 0 Å². The van der Waals surface area contributed by atoms with Crippen LogP contribution in [0.15, 0.2) is 0 Å². The molecule has 2 aliphatic carbocycles. The molecule has 0 bridgehead atoms. The van der Waals surface area contributed by atoms with Crippen LogP contribution in [0, 0.1) is 23.2 Å². The summed E-state index contributed by atoms with van der Waals surface area (Å²) in [6.07, 6.45) is 4.51. The van der Waals surface area contributed by atoms with Crippen molar-refractivity contribution in [3.05, 3.63) is 0 Å². The number of carbonyl (C=O) groups excluding carboxylic acids is 2. The Morgan fingerprint density at radius 1 is 1.29 bits per heavy atom. The quantitative estimate of drug-likeness (QED) is 0.808. The van der Waals surface area contributed by atoms with E-state index in [1.807, 2.05) is 0 Å². The standard InChI is InChI=1S/C16H23NO4/c1-3-9-7-10-11(8-9)14(19)17(13(10)18)12-5-4-6-16(12,2)15(20)21/h9-12H,3-8H2,1-2H3,(H,20,21). The zero-order valence-electron chi connectivity index (χ0n) is 12.7. The molecule has 116 valence electrons. The van der Waals surface area contributed by atoms with E-state index in [0.717, 1.165) is 25.7 Å². The van der Waals surface area contributed by atoms with E-state index >= 15 is 0 Å². The normalized spacial score (nSPS) is 42.7. The maximum absolute atomic E-state index is 12.7. The van der Waals surface area contributed by atoms with Crippen molar-refractivity contribution in [1.82, 2.24) is 4.90 Å². The Bertz CT molecular complexity index is 479. The van der Waals surface area contributed by atoms with Gasteiger partial charge in [0.1, 0.15) is 0 Å². The second-order valence-electron chi connectivity index (χ2n) is 7.14. The second kappa shape index (κ2) is 4.82. The summed E-state index contributed by atoms with van der Waals surface area (Å²) in [7, 11) is 0. The minimum absolute atomic E-state index is 0.111. The number of hydrogen-bond acceptors (Lipinski definition) is 3. The Morgan fingerprint density at radius 2 is 1.86 bits per heavy atom. The molecule has 4 atom stereocenters. The van der Waals surface area contributed by atoms with Crippen LogP contribution in [0.5, 0.6) is 0 Å². The first-order valence-corrected chi connectivity index (χ1v) is 8.00. The number of hydrogen-bond donors (Lipinski definition) is 1. The zero-order valence-corrected chi connectivity index (χ0v) is 12.7. The molecule has 3 rings (SSSR count). The van der Waals surface area contributed by atoms with Gasteiger partial charge < -0.3 is 5.11 Å². The molecule has 2 saturated carbocycles. The van der Waals surface area contributed by atoms with Gasteiger partial charge in [0.25, 0.3) is 0 Å². The Balaban J connectivity index is 1.87. The van der Waals surface area contributed by atoms with Gasteiger partial charge in [-0.2, -0.15) is 0 Å². The molecule has 0 spiro atoms. The van der Waals surface area contributed by atoms with Crippen LogP contribution in [0.25, 0.3) is 0 Å². The van der Waals surface area contributed by atoms with Crippen LogP contribution in [0.2, 0.25) is 0 Å². The Labute approximate surface area is 124 Å². The highest BCUT2D eigenvalue weighted by molar-refractivity contribution is 6.06. The van der Waals surface area contributed by atoms with E-state index in [0.29, 0.717) is 18.8 Å². The number of fused-ring (bicyclic) bond motifs is 1. The minimum Gasteiger partial charge on any atom is -0.481 e. The number of carbonyl (C=O) groups is 3. The van der Waals surface area contributed by atoms with Gasteiger partial charge in [-0.15, -0.1) is 0 Å². The molecule has 21 heavy (non-hydrogen) atoms. The number of likely N-dealkylation sites (tertiary alicyclic amines) is 1. The van der Waals surface area contributed by atoms with E-state index in [2.05, 4.69) is 6.92 Å². The summed E-state index contributed by atoms with van der Waals surface area (Å²) in [5.41, 5.74) is -0.978. The fourth-order valence-electron chi connectivity index (χ4n) is 4.61. The van der Waals surface area contributed by atoms with Gasteiger partial charge in [-0.3, -0.25) is 19.3 Å².